The number of quaternary nitrogens is 1. The Hall–Kier alpha value is -2.82. The van der Waals surface area contributed by atoms with Crippen molar-refractivity contribution in [2.45, 2.75) is 6.04 Å². The fourth-order valence-corrected chi connectivity index (χ4v) is 3.22. The summed E-state index contributed by atoms with van der Waals surface area (Å²) >= 11 is 6.12. The van der Waals surface area contributed by atoms with E-state index in [0.717, 1.165) is 11.1 Å². The van der Waals surface area contributed by atoms with Crippen LogP contribution in [0.15, 0.2) is 78.9 Å². The van der Waals surface area contributed by atoms with Crippen LogP contribution in [-0.4, -0.2) is 19.6 Å². The second-order valence-electron chi connectivity index (χ2n) is 6.14. The number of halogens is 1. The van der Waals surface area contributed by atoms with Crippen molar-refractivity contribution in [2.75, 3.05) is 19.0 Å². The van der Waals surface area contributed by atoms with E-state index in [9.17, 15) is 4.79 Å². The lowest BCUT2D eigenvalue weighted by atomic mass is 9.99. The number of amides is 1. The highest BCUT2D eigenvalue weighted by atomic mass is 35.5. The quantitative estimate of drug-likeness (QED) is 0.656. The number of nitrogens with one attached hydrogen (secondary N) is 1. The molecule has 0 bridgehead atoms. The molecule has 3 aromatic carbocycles. The molecule has 0 aromatic heterocycles. The molecule has 0 atom stereocenters. The van der Waals surface area contributed by atoms with Crippen molar-refractivity contribution >= 4 is 23.2 Å². The van der Waals surface area contributed by atoms with Crippen molar-refractivity contribution in [3.05, 3.63) is 95.0 Å². The number of methoxy groups -OCH3 is 1. The number of rotatable bonds is 7. The third-order valence-electron chi connectivity index (χ3n) is 4.29. The number of hydrogen-bond acceptors (Lipinski definition) is 2. The first-order valence-corrected chi connectivity index (χ1v) is 9.12. The summed E-state index contributed by atoms with van der Waals surface area (Å²) in [4.78, 5) is 12.4. The van der Waals surface area contributed by atoms with Gasteiger partial charge in [0.15, 0.2) is 6.54 Å². The molecule has 0 heterocycles. The number of hydrogen-bond donors (Lipinski definition) is 2. The highest BCUT2D eigenvalue weighted by Gasteiger charge is 2.18. The van der Waals surface area contributed by atoms with Crippen molar-refractivity contribution in [3.63, 3.8) is 0 Å². The first kappa shape index (κ1) is 19.0. The minimum Gasteiger partial charge on any atom is -0.495 e. The Morgan fingerprint density at radius 3 is 2.11 bits per heavy atom. The van der Waals surface area contributed by atoms with E-state index in [1.165, 1.54) is 0 Å². The smallest absolute Gasteiger partial charge is 0.279 e. The van der Waals surface area contributed by atoms with Crippen molar-refractivity contribution in [2.24, 2.45) is 0 Å². The molecule has 0 aliphatic rings. The third kappa shape index (κ3) is 5.09. The van der Waals surface area contributed by atoms with Crippen molar-refractivity contribution in [3.8, 4) is 5.75 Å². The molecule has 0 fully saturated rings. The second-order valence-corrected chi connectivity index (χ2v) is 6.54. The molecule has 3 aromatic rings. The number of anilines is 1. The summed E-state index contributed by atoms with van der Waals surface area (Å²) in [5, 5.41) is 5.38. The minimum absolute atomic E-state index is 0.0533. The minimum atomic E-state index is -0.0897. The molecule has 1 amide bonds. The van der Waals surface area contributed by atoms with Crippen LogP contribution in [0.2, 0.25) is 5.02 Å². The van der Waals surface area contributed by atoms with E-state index < -0.39 is 0 Å². The lowest BCUT2D eigenvalue weighted by Crippen LogP contribution is -2.87. The monoisotopic (exact) mass is 381 g/mol. The number of nitrogens with two attached hydrogens (primary N) is 1. The summed E-state index contributed by atoms with van der Waals surface area (Å²) in [6.07, 6.45) is 0. The van der Waals surface area contributed by atoms with Gasteiger partial charge in [-0.2, -0.15) is 0 Å². The molecular weight excluding hydrogens is 360 g/mol. The SMILES string of the molecule is COc1ccc(NC(=O)C[NH2+]C(c2ccccc2)c2ccccc2)cc1Cl. The maximum absolute atomic E-state index is 12.4. The summed E-state index contributed by atoms with van der Waals surface area (Å²) in [5.74, 6) is 0.488. The molecule has 4 nitrogen and oxygen atoms in total. The molecular formula is C22H22ClN2O2+. The molecule has 27 heavy (non-hydrogen) atoms. The topological polar surface area (TPSA) is 54.9 Å². The maximum Gasteiger partial charge on any atom is 0.279 e. The molecule has 0 radical (unpaired) electrons. The van der Waals surface area contributed by atoms with Gasteiger partial charge in [0, 0.05) is 16.8 Å². The van der Waals surface area contributed by atoms with Gasteiger partial charge in [-0.3, -0.25) is 4.79 Å². The van der Waals surface area contributed by atoms with Crippen LogP contribution in [-0.2, 0) is 4.79 Å². The molecule has 0 spiro atoms. The van der Waals surface area contributed by atoms with Gasteiger partial charge in [0.1, 0.15) is 11.8 Å². The zero-order valence-corrected chi connectivity index (χ0v) is 15.8. The zero-order valence-electron chi connectivity index (χ0n) is 15.1. The highest BCUT2D eigenvalue weighted by Crippen LogP contribution is 2.27. The van der Waals surface area contributed by atoms with Crippen LogP contribution in [0.4, 0.5) is 5.69 Å². The van der Waals surface area contributed by atoms with Crippen LogP contribution in [0, 0.1) is 0 Å². The first-order valence-electron chi connectivity index (χ1n) is 8.74. The van der Waals surface area contributed by atoms with Crippen LogP contribution >= 0.6 is 11.6 Å². The van der Waals surface area contributed by atoms with Crippen LogP contribution < -0.4 is 15.4 Å². The van der Waals surface area contributed by atoms with Crippen LogP contribution in [0.25, 0.3) is 0 Å². The van der Waals surface area contributed by atoms with E-state index in [-0.39, 0.29) is 18.5 Å². The largest absolute Gasteiger partial charge is 0.495 e. The summed E-state index contributed by atoms with van der Waals surface area (Å²) in [5.41, 5.74) is 2.96. The Morgan fingerprint density at radius 1 is 1.00 bits per heavy atom. The lowest BCUT2D eigenvalue weighted by Gasteiger charge is -2.16. The standard InChI is InChI=1S/C22H21ClN2O2/c1-27-20-13-12-18(14-19(20)23)25-21(26)15-24-22(16-8-4-2-5-9-16)17-10-6-3-7-11-17/h2-14,22,24H,15H2,1H3,(H,25,26)/p+1. The van der Waals surface area contributed by atoms with Crippen molar-refractivity contribution in [1.29, 1.82) is 0 Å². The maximum atomic E-state index is 12.4. The molecule has 0 saturated carbocycles. The van der Waals surface area contributed by atoms with E-state index in [1.807, 2.05) is 41.7 Å². The number of benzene rings is 3. The van der Waals surface area contributed by atoms with E-state index in [1.54, 1.807) is 25.3 Å². The third-order valence-corrected chi connectivity index (χ3v) is 4.59. The number of ether oxygens (including phenoxy) is 1. The van der Waals surface area contributed by atoms with Gasteiger partial charge >= 0.3 is 0 Å². The van der Waals surface area contributed by atoms with Crippen LogP contribution in [0.5, 0.6) is 5.75 Å². The molecule has 138 valence electrons. The Bertz CT molecular complexity index is 846. The lowest BCUT2D eigenvalue weighted by molar-refractivity contribution is -0.676. The average Bonchev–Trinajstić information content (AvgIpc) is 2.70. The summed E-state index contributed by atoms with van der Waals surface area (Å²) in [7, 11) is 1.56. The van der Waals surface area contributed by atoms with Gasteiger partial charge in [0.2, 0.25) is 0 Å². The Balaban J connectivity index is 1.68. The molecule has 0 aliphatic carbocycles. The normalized spacial score (nSPS) is 10.6. The van der Waals surface area contributed by atoms with Crippen molar-refractivity contribution in [1.82, 2.24) is 0 Å². The first-order chi connectivity index (χ1) is 13.2. The predicted molar refractivity (Wildman–Crippen MR) is 108 cm³/mol. The van der Waals surface area contributed by atoms with Gasteiger partial charge in [0.25, 0.3) is 5.91 Å². The number of carbonyl (C=O) groups excluding carboxylic acids is 1. The molecule has 0 aliphatic heterocycles. The second kappa shape index (κ2) is 9.21. The molecule has 5 heteroatoms. The van der Waals surface area contributed by atoms with Gasteiger partial charge in [-0.05, 0) is 18.2 Å². The van der Waals surface area contributed by atoms with E-state index in [2.05, 4.69) is 29.6 Å². The van der Waals surface area contributed by atoms with Gasteiger partial charge in [-0.1, -0.05) is 72.3 Å². The Morgan fingerprint density at radius 2 is 1.59 bits per heavy atom. The van der Waals surface area contributed by atoms with Crippen LogP contribution in [0.3, 0.4) is 0 Å². The van der Waals surface area contributed by atoms with Gasteiger partial charge in [0.05, 0.1) is 12.1 Å². The summed E-state index contributed by atoms with van der Waals surface area (Å²) in [6, 6.07) is 25.6. The fourth-order valence-electron chi connectivity index (χ4n) is 2.97. The number of carbonyl (C=O) groups is 1. The van der Waals surface area contributed by atoms with Crippen molar-refractivity contribution < 1.29 is 14.8 Å². The Labute approximate surface area is 164 Å². The molecule has 0 saturated heterocycles. The van der Waals surface area contributed by atoms with E-state index in [4.69, 9.17) is 16.3 Å². The van der Waals surface area contributed by atoms with E-state index >= 15 is 0 Å². The van der Waals surface area contributed by atoms with Gasteiger partial charge < -0.3 is 15.4 Å². The Kier molecular flexibility index (Phi) is 6.47. The molecule has 3 rings (SSSR count). The fraction of sp³-hybridized carbons (Fsp3) is 0.136. The predicted octanol–water partition coefficient (Wildman–Crippen LogP) is 3.64. The van der Waals surface area contributed by atoms with Gasteiger partial charge in [-0.25, -0.2) is 0 Å². The zero-order chi connectivity index (χ0) is 19.1. The molecule has 3 N–H and O–H groups in total. The summed E-state index contributed by atoms with van der Waals surface area (Å²) < 4.78 is 5.13. The van der Waals surface area contributed by atoms with Gasteiger partial charge in [-0.15, -0.1) is 0 Å². The summed E-state index contributed by atoms with van der Waals surface area (Å²) in [6.45, 7) is 0.290. The molecule has 0 unspecified atom stereocenters. The average molecular weight is 382 g/mol. The van der Waals surface area contributed by atoms with Crippen LogP contribution in [0.1, 0.15) is 17.2 Å². The van der Waals surface area contributed by atoms with E-state index in [0.29, 0.717) is 16.5 Å². The highest BCUT2D eigenvalue weighted by molar-refractivity contribution is 6.32.